The van der Waals surface area contributed by atoms with Crippen LogP contribution in [0.4, 0.5) is 0 Å². The van der Waals surface area contributed by atoms with E-state index in [4.69, 9.17) is 0 Å². The molecule has 3 aromatic rings. The Labute approximate surface area is 103 Å². The number of fused-ring (bicyclic) bond motifs is 2. The van der Waals surface area contributed by atoms with Gasteiger partial charge in [-0.25, -0.2) is 14.4 Å². The second kappa shape index (κ2) is 4.21. The molecule has 0 aliphatic heterocycles. The first-order chi connectivity index (χ1) is 8.79. The molecule has 6 heteroatoms. The van der Waals surface area contributed by atoms with Crippen molar-refractivity contribution in [3.63, 3.8) is 0 Å². The minimum Gasteiger partial charge on any atom is -0.339 e. The van der Waals surface area contributed by atoms with Crippen molar-refractivity contribution >= 4 is 16.9 Å². The van der Waals surface area contributed by atoms with Crippen LogP contribution in [0, 0.1) is 0 Å². The molecule has 0 radical (unpaired) electrons. The van der Waals surface area contributed by atoms with Crippen LogP contribution in [0.1, 0.15) is 25.3 Å². The van der Waals surface area contributed by atoms with Gasteiger partial charge in [0.1, 0.15) is 0 Å². The monoisotopic (exact) mass is 243 g/mol. The van der Waals surface area contributed by atoms with Gasteiger partial charge in [0, 0.05) is 12.4 Å². The summed E-state index contributed by atoms with van der Waals surface area (Å²) in [6.07, 6.45) is 8.18. The van der Waals surface area contributed by atoms with Gasteiger partial charge >= 0.3 is 0 Å². The van der Waals surface area contributed by atoms with Crippen LogP contribution in [0.25, 0.3) is 16.9 Å². The zero-order valence-electron chi connectivity index (χ0n) is 10.1. The van der Waals surface area contributed by atoms with E-state index >= 15 is 0 Å². The topological polar surface area (TPSA) is 75.9 Å². The quantitative estimate of drug-likeness (QED) is 0.752. The molecule has 3 rings (SSSR count). The molecule has 0 spiro atoms. The molecule has 0 fully saturated rings. The van der Waals surface area contributed by atoms with Gasteiger partial charge in [-0.05, 0) is 18.4 Å². The van der Waals surface area contributed by atoms with E-state index in [0.717, 1.165) is 24.8 Å². The van der Waals surface area contributed by atoms with Gasteiger partial charge < -0.3 is 4.98 Å². The van der Waals surface area contributed by atoms with E-state index in [0.29, 0.717) is 16.9 Å². The fraction of sp³-hybridized carbons (Fsp3) is 0.333. The number of aromatic amines is 1. The lowest BCUT2D eigenvalue weighted by Crippen LogP contribution is -2.17. The summed E-state index contributed by atoms with van der Waals surface area (Å²) in [5.74, 6) is 0.389. The lowest BCUT2D eigenvalue weighted by molar-refractivity contribution is 0.784. The van der Waals surface area contributed by atoms with Gasteiger partial charge in [-0.3, -0.25) is 4.79 Å². The number of unbranched alkanes of at least 4 members (excludes halogenated alkanes) is 1. The molecule has 0 atom stereocenters. The van der Waals surface area contributed by atoms with Gasteiger partial charge in [0.05, 0.1) is 6.33 Å². The summed E-state index contributed by atoms with van der Waals surface area (Å²) in [6, 6.07) is 0. The van der Waals surface area contributed by atoms with Gasteiger partial charge in [-0.2, -0.15) is 4.98 Å². The fourth-order valence-electron chi connectivity index (χ4n) is 1.95. The highest BCUT2D eigenvalue weighted by molar-refractivity contribution is 5.70. The van der Waals surface area contributed by atoms with E-state index in [1.165, 1.54) is 10.7 Å². The predicted octanol–water partition coefficient (Wildman–Crippen LogP) is 1.31. The number of hydrogen-bond donors (Lipinski definition) is 1. The second-order valence-electron chi connectivity index (χ2n) is 4.25. The van der Waals surface area contributed by atoms with Crippen molar-refractivity contribution in [3.05, 3.63) is 34.6 Å². The van der Waals surface area contributed by atoms with Crippen molar-refractivity contribution in [2.45, 2.75) is 26.2 Å². The van der Waals surface area contributed by atoms with Gasteiger partial charge in [0.25, 0.3) is 5.56 Å². The number of nitrogens with one attached hydrogen (secondary N) is 1. The smallest absolute Gasteiger partial charge is 0.285 e. The molecule has 6 nitrogen and oxygen atoms in total. The number of aromatic nitrogens is 5. The molecular weight excluding hydrogens is 230 g/mol. The zero-order chi connectivity index (χ0) is 12.5. The largest absolute Gasteiger partial charge is 0.339 e. The molecule has 3 heterocycles. The number of nitrogens with zero attached hydrogens (tertiary/aromatic N) is 4. The Bertz CT molecular complexity index is 758. The normalized spacial score (nSPS) is 11.4. The molecule has 0 amide bonds. The molecule has 0 aromatic carbocycles. The molecule has 18 heavy (non-hydrogen) atoms. The summed E-state index contributed by atoms with van der Waals surface area (Å²) in [6.45, 7) is 2.14. The highest BCUT2D eigenvalue weighted by Crippen LogP contribution is 2.06. The Morgan fingerprint density at radius 2 is 2.28 bits per heavy atom. The molecule has 0 saturated heterocycles. The highest BCUT2D eigenvalue weighted by Gasteiger charge is 2.08. The Morgan fingerprint density at radius 1 is 1.39 bits per heavy atom. The second-order valence-corrected chi connectivity index (χ2v) is 4.25. The lowest BCUT2D eigenvalue weighted by Gasteiger charge is -2.03. The van der Waals surface area contributed by atoms with Gasteiger partial charge in [-0.1, -0.05) is 13.3 Å². The first kappa shape index (κ1) is 10.9. The van der Waals surface area contributed by atoms with Crippen molar-refractivity contribution in [1.82, 2.24) is 24.3 Å². The van der Waals surface area contributed by atoms with Crippen molar-refractivity contribution in [1.29, 1.82) is 0 Å². The summed E-state index contributed by atoms with van der Waals surface area (Å²) >= 11 is 0. The van der Waals surface area contributed by atoms with Crippen molar-refractivity contribution < 1.29 is 0 Å². The van der Waals surface area contributed by atoms with E-state index in [2.05, 4.69) is 26.9 Å². The average Bonchev–Trinajstić information content (AvgIpc) is 2.85. The van der Waals surface area contributed by atoms with E-state index in [1.54, 1.807) is 6.20 Å². The minimum absolute atomic E-state index is 0.154. The third-order valence-electron chi connectivity index (χ3n) is 2.93. The van der Waals surface area contributed by atoms with Crippen LogP contribution in [0.15, 0.2) is 23.5 Å². The maximum Gasteiger partial charge on any atom is 0.285 e. The molecule has 0 aliphatic carbocycles. The molecule has 0 aliphatic rings. The molecular formula is C12H13N5O. The number of rotatable bonds is 3. The molecule has 92 valence electrons. The molecule has 0 bridgehead atoms. The first-order valence-electron chi connectivity index (χ1n) is 6.00. The first-order valence-corrected chi connectivity index (χ1v) is 6.00. The summed E-state index contributed by atoms with van der Waals surface area (Å²) in [5, 5.41) is 0. The predicted molar refractivity (Wildman–Crippen MR) is 67.5 cm³/mol. The van der Waals surface area contributed by atoms with Crippen molar-refractivity contribution in [2.24, 2.45) is 0 Å². The molecule has 1 N–H and O–H groups in total. The standard InChI is InChI=1S/C12H13N5O/c1-2-3-4-8-5-13-12-16-10-9(14-7-15-10)11(18)17(12)6-8/h5-7H,2-4H2,1H3,(H,14,15). The van der Waals surface area contributed by atoms with E-state index < -0.39 is 0 Å². The summed E-state index contributed by atoms with van der Waals surface area (Å²) < 4.78 is 1.48. The minimum atomic E-state index is -0.154. The summed E-state index contributed by atoms with van der Waals surface area (Å²) in [5.41, 5.74) is 1.72. The molecule has 3 aromatic heterocycles. The van der Waals surface area contributed by atoms with Gasteiger partial charge in [0.2, 0.25) is 5.78 Å². The van der Waals surface area contributed by atoms with Crippen molar-refractivity contribution in [3.8, 4) is 0 Å². The van der Waals surface area contributed by atoms with E-state index in [9.17, 15) is 4.79 Å². The Hall–Kier alpha value is -2.24. The van der Waals surface area contributed by atoms with E-state index in [-0.39, 0.29) is 5.56 Å². The Morgan fingerprint density at radius 3 is 3.11 bits per heavy atom. The van der Waals surface area contributed by atoms with Crippen LogP contribution in [0.5, 0.6) is 0 Å². The third kappa shape index (κ3) is 1.66. The van der Waals surface area contributed by atoms with Gasteiger partial charge in [0.15, 0.2) is 11.2 Å². The van der Waals surface area contributed by atoms with Crippen LogP contribution in [-0.4, -0.2) is 24.3 Å². The maximum absolute atomic E-state index is 12.2. The molecule has 0 unspecified atom stereocenters. The average molecular weight is 243 g/mol. The number of hydrogen-bond acceptors (Lipinski definition) is 4. The van der Waals surface area contributed by atoms with Crippen molar-refractivity contribution in [2.75, 3.05) is 0 Å². The number of imidazole rings is 1. The van der Waals surface area contributed by atoms with E-state index in [1.807, 2.05) is 6.20 Å². The summed E-state index contributed by atoms with van der Waals surface area (Å²) in [7, 11) is 0. The maximum atomic E-state index is 12.2. The Balaban J connectivity index is 2.22. The SMILES string of the molecule is CCCCc1cnc2nc3nc[nH]c3c(=O)n2c1. The zero-order valence-corrected chi connectivity index (χ0v) is 10.1. The fourth-order valence-corrected chi connectivity index (χ4v) is 1.95. The van der Waals surface area contributed by atoms with Crippen LogP contribution in [0.3, 0.4) is 0 Å². The Kier molecular flexibility index (Phi) is 2.55. The molecule has 0 saturated carbocycles. The highest BCUT2D eigenvalue weighted by atomic mass is 16.1. The number of H-pyrrole nitrogens is 1. The van der Waals surface area contributed by atoms with Gasteiger partial charge in [-0.15, -0.1) is 0 Å². The van der Waals surface area contributed by atoms with Crippen LogP contribution >= 0.6 is 0 Å². The number of aryl methyl sites for hydroxylation is 1. The van der Waals surface area contributed by atoms with Crippen LogP contribution in [0.2, 0.25) is 0 Å². The summed E-state index contributed by atoms with van der Waals surface area (Å²) in [4.78, 5) is 27.4. The van der Waals surface area contributed by atoms with Crippen LogP contribution < -0.4 is 5.56 Å². The third-order valence-corrected chi connectivity index (χ3v) is 2.93. The van der Waals surface area contributed by atoms with Crippen LogP contribution in [-0.2, 0) is 6.42 Å². The lowest BCUT2D eigenvalue weighted by atomic mass is 10.1.